The highest BCUT2D eigenvalue weighted by atomic mass is 19.1. The molecule has 1 rings (SSSR count). The molecule has 3 nitrogen and oxygen atoms in total. The molecule has 0 atom stereocenters. The van der Waals surface area contributed by atoms with Crippen LogP contribution in [-0.2, 0) is 6.54 Å². The van der Waals surface area contributed by atoms with Crippen molar-refractivity contribution in [3.05, 3.63) is 29.6 Å². The minimum Gasteiger partial charge on any atom is -0.370 e. The first-order valence-corrected chi connectivity index (χ1v) is 6.82. The zero-order chi connectivity index (χ0) is 14.4. The summed E-state index contributed by atoms with van der Waals surface area (Å²) in [6.45, 7) is 7.58. The third-order valence-electron chi connectivity index (χ3n) is 3.00. The second-order valence-electron chi connectivity index (χ2n) is 5.62. The van der Waals surface area contributed by atoms with Crippen LogP contribution >= 0.6 is 0 Å². The molecule has 1 aromatic rings. The van der Waals surface area contributed by atoms with Crippen molar-refractivity contribution in [2.24, 2.45) is 11.7 Å². The number of nitrogens with zero attached hydrogens (tertiary/aromatic N) is 2. The lowest BCUT2D eigenvalue weighted by Gasteiger charge is -2.30. The molecular weight excluding hydrogens is 241 g/mol. The van der Waals surface area contributed by atoms with Gasteiger partial charge in [0.2, 0.25) is 0 Å². The van der Waals surface area contributed by atoms with Crippen molar-refractivity contribution >= 4 is 5.69 Å². The van der Waals surface area contributed by atoms with E-state index in [0.717, 1.165) is 30.9 Å². The van der Waals surface area contributed by atoms with Crippen LogP contribution in [0.2, 0.25) is 0 Å². The maximum absolute atomic E-state index is 13.3. The Hall–Kier alpha value is -1.13. The first-order valence-electron chi connectivity index (χ1n) is 6.82. The lowest BCUT2D eigenvalue weighted by atomic mass is 10.1. The average Bonchev–Trinajstić information content (AvgIpc) is 2.33. The average molecular weight is 267 g/mol. The van der Waals surface area contributed by atoms with Gasteiger partial charge in [0, 0.05) is 31.9 Å². The summed E-state index contributed by atoms with van der Waals surface area (Å²) >= 11 is 0. The molecule has 0 aromatic heterocycles. The zero-order valence-electron chi connectivity index (χ0n) is 12.5. The summed E-state index contributed by atoms with van der Waals surface area (Å²) in [6.07, 6.45) is 0. The number of likely N-dealkylation sites (N-methyl/N-ethyl adjacent to an activating group) is 1. The van der Waals surface area contributed by atoms with E-state index in [1.165, 1.54) is 6.07 Å². The van der Waals surface area contributed by atoms with Crippen molar-refractivity contribution in [2.45, 2.75) is 20.4 Å². The molecule has 0 radical (unpaired) electrons. The fourth-order valence-corrected chi connectivity index (χ4v) is 2.10. The molecule has 0 spiro atoms. The number of halogens is 1. The standard InChI is InChI=1S/C15H26FN3/c1-12(2)11-19(8-7-18(3)4)15-6-5-14(16)9-13(15)10-17/h5-6,9,12H,7-8,10-11,17H2,1-4H3. The Kier molecular flexibility index (Phi) is 6.25. The van der Waals surface area contributed by atoms with Crippen LogP contribution in [-0.4, -0.2) is 38.6 Å². The Morgan fingerprint density at radius 2 is 1.89 bits per heavy atom. The Bertz CT molecular complexity index is 391. The number of hydrogen-bond donors (Lipinski definition) is 1. The summed E-state index contributed by atoms with van der Waals surface area (Å²) in [7, 11) is 4.12. The van der Waals surface area contributed by atoms with Crippen LogP contribution in [0.25, 0.3) is 0 Å². The predicted molar refractivity (Wildman–Crippen MR) is 79.9 cm³/mol. The van der Waals surface area contributed by atoms with Crippen molar-refractivity contribution < 1.29 is 4.39 Å². The Morgan fingerprint density at radius 3 is 2.42 bits per heavy atom. The van der Waals surface area contributed by atoms with Gasteiger partial charge in [-0.3, -0.25) is 0 Å². The lowest BCUT2D eigenvalue weighted by molar-refractivity contribution is 0.409. The fraction of sp³-hybridized carbons (Fsp3) is 0.600. The molecule has 0 fully saturated rings. The Labute approximate surface area is 116 Å². The molecule has 0 aliphatic carbocycles. The Morgan fingerprint density at radius 1 is 1.21 bits per heavy atom. The van der Waals surface area contributed by atoms with Gasteiger partial charge >= 0.3 is 0 Å². The van der Waals surface area contributed by atoms with Gasteiger partial charge in [-0.15, -0.1) is 0 Å². The van der Waals surface area contributed by atoms with E-state index < -0.39 is 0 Å². The molecule has 0 bridgehead atoms. The molecule has 1 aromatic carbocycles. The molecule has 19 heavy (non-hydrogen) atoms. The topological polar surface area (TPSA) is 32.5 Å². The molecule has 108 valence electrons. The van der Waals surface area contributed by atoms with Crippen LogP contribution in [0.1, 0.15) is 19.4 Å². The molecule has 0 unspecified atom stereocenters. The van der Waals surface area contributed by atoms with Crippen LogP contribution in [0.4, 0.5) is 10.1 Å². The molecule has 2 N–H and O–H groups in total. The number of nitrogens with two attached hydrogens (primary N) is 1. The predicted octanol–water partition coefficient (Wildman–Crippen LogP) is 2.31. The van der Waals surface area contributed by atoms with Gasteiger partial charge in [0.25, 0.3) is 0 Å². The van der Waals surface area contributed by atoms with E-state index in [9.17, 15) is 4.39 Å². The first-order chi connectivity index (χ1) is 8.93. The van der Waals surface area contributed by atoms with Crippen molar-refractivity contribution in [1.82, 2.24) is 4.90 Å². The zero-order valence-corrected chi connectivity index (χ0v) is 12.5. The monoisotopic (exact) mass is 267 g/mol. The SMILES string of the molecule is CC(C)CN(CCN(C)C)c1ccc(F)cc1CN. The number of anilines is 1. The van der Waals surface area contributed by atoms with Crippen LogP contribution in [0.5, 0.6) is 0 Å². The van der Waals surface area contributed by atoms with E-state index in [1.54, 1.807) is 6.07 Å². The maximum Gasteiger partial charge on any atom is 0.123 e. The molecule has 0 heterocycles. The van der Waals surface area contributed by atoms with Gasteiger partial charge in [0.05, 0.1) is 0 Å². The van der Waals surface area contributed by atoms with E-state index in [4.69, 9.17) is 5.73 Å². The second kappa shape index (κ2) is 7.46. The van der Waals surface area contributed by atoms with Gasteiger partial charge in [-0.2, -0.15) is 0 Å². The first kappa shape index (κ1) is 15.9. The highest BCUT2D eigenvalue weighted by Gasteiger charge is 2.13. The largest absolute Gasteiger partial charge is 0.370 e. The van der Waals surface area contributed by atoms with Gasteiger partial charge in [-0.05, 0) is 43.8 Å². The third-order valence-corrected chi connectivity index (χ3v) is 3.00. The van der Waals surface area contributed by atoms with Crippen molar-refractivity contribution in [3.63, 3.8) is 0 Å². The van der Waals surface area contributed by atoms with E-state index in [-0.39, 0.29) is 5.82 Å². The third kappa shape index (κ3) is 5.17. The summed E-state index contributed by atoms with van der Waals surface area (Å²) < 4.78 is 13.3. The molecule has 0 aliphatic heterocycles. The van der Waals surface area contributed by atoms with E-state index in [1.807, 2.05) is 6.07 Å². The summed E-state index contributed by atoms with van der Waals surface area (Å²) in [5, 5.41) is 0. The molecular formula is C15H26FN3. The molecule has 0 amide bonds. The second-order valence-corrected chi connectivity index (χ2v) is 5.62. The van der Waals surface area contributed by atoms with E-state index >= 15 is 0 Å². The maximum atomic E-state index is 13.3. The van der Waals surface area contributed by atoms with Gasteiger partial charge in [-0.25, -0.2) is 4.39 Å². The van der Waals surface area contributed by atoms with Gasteiger partial charge < -0.3 is 15.5 Å². The van der Waals surface area contributed by atoms with E-state index in [0.29, 0.717) is 12.5 Å². The van der Waals surface area contributed by atoms with Crippen molar-refractivity contribution in [2.75, 3.05) is 38.6 Å². The summed E-state index contributed by atoms with van der Waals surface area (Å²) in [4.78, 5) is 4.45. The van der Waals surface area contributed by atoms with Gasteiger partial charge in [0.15, 0.2) is 0 Å². The Balaban J connectivity index is 2.95. The highest BCUT2D eigenvalue weighted by Crippen LogP contribution is 2.22. The van der Waals surface area contributed by atoms with Crippen LogP contribution < -0.4 is 10.6 Å². The van der Waals surface area contributed by atoms with Crippen molar-refractivity contribution in [3.8, 4) is 0 Å². The molecule has 0 saturated carbocycles. The summed E-state index contributed by atoms with van der Waals surface area (Å²) in [6, 6.07) is 4.89. The molecule has 0 aliphatic rings. The summed E-state index contributed by atoms with van der Waals surface area (Å²) in [5.41, 5.74) is 7.67. The van der Waals surface area contributed by atoms with Crippen LogP contribution in [0, 0.1) is 11.7 Å². The number of benzene rings is 1. The summed E-state index contributed by atoms with van der Waals surface area (Å²) in [5.74, 6) is 0.333. The molecule has 4 heteroatoms. The van der Waals surface area contributed by atoms with Crippen LogP contribution in [0.15, 0.2) is 18.2 Å². The highest BCUT2D eigenvalue weighted by molar-refractivity contribution is 5.54. The van der Waals surface area contributed by atoms with E-state index in [2.05, 4.69) is 37.7 Å². The minimum atomic E-state index is -0.221. The van der Waals surface area contributed by atoms with Gasteiger partial charge in [0.1, 0.15) is 5.82 Å². The van der Waals surface area contributed by atoms with Gasteiger partial charge in [-0.1, -0.05) is 13.8 Å². The van der Waals surface area contributed by atoms with Crippen molar-refractivity contribution in [1.29, 1.82) is 0 Å². The van der Waals surface area contributed by atoms with Crippen LogP contribution in [0.3, 0.4) is 0 Å². The lowest BCUT2D eigenvalue weighted by Crippen LogP contribution is -2.35. The quantitative estimate of drug-likeness (QED) is 0.823. The normalized spacial score (nSPS) is 11.4. The minimum absolute atomic E-state index is 0.221. The smallest absolute Gasteiger partial charge is 0.123 e. The molecule has 0 saturated heterocycles. The fourth-order valence-electron chi connectivity index (χ4n) is 2.10. The number of rotatable bonds is 7. The number of hydrogen-bond acceptors (Lipinski definition) is 3.